The standard InChI is InChI=1S/C11H10FNO5S/c1-13-9(11(15)18-2)10(14)7-4-3-6(12)5-8(7)19(13,16)17/h3-5,14H,1-2H3. The number of ether oxygens (including phenoxy) is 1. The van der Waals surface area contributed by atoms with Crippen molar-refractivity contribution < 1.29 is 27.4 Å². The van der Waals surface area contributed by atoms with Crippen LogP contribution >= 0.6 is 0 Å². The zero-order valence-electron chi connectivity index (χ0n) is 10.0. The zero-order valence-corrected chi connectivity index (χ0v) is 10.9. The number of aliphatic hydroxyl groups is 1. The Balaban J connectivity index is 2.83. The topological polar surface area (TPSA) is 83.9 Å². The van der Waals surface area contributed by atoms with Gasteiger partial charge in [-0.05, 0) is 18.2 Å². The van der Waals surface area contributed by atoms with Crippen molar-refractivity contribution in [3.05, 3.63) is 35.3 Å². The summed E-state index contributed by atoms with van der Waals surface area (Å²) < 4.78 is 42.4. The molecule has 8 heteroatoms. The first-order valence-electron chi connectivity index (χ1n) is 5.11. The Morgan fingerprint density at radius 3 is 2.63 bits per heavy atom. The highest BCUT2D eigenvalue weighted by Crippen LogP contribution is 2.35. The molecule has 0 aromatic heterocycles. The van der Waals surface area contributed by atoms with E-state index in [4.69, 9.17) is 0 Å². The summed E-state index contributed by atoms with van der Waals surface area (Å²) in [5.74, 6) is -2.33. The number of hydrogen-bond acceptors (Lipinski definition) is 5. The maximum atomic E-state index is 13.1. The van der Waals surface area contributed by atoms with E-state index in [0.29, 0.717) is 4.31 Å². The minimum atomic E-state index is -4.11. The Morgan fingerprint density at radius 1 is 1.42 bits per heavy atom. The van der Waals surface area contributed by atoms with E-state index in [1.165, 1.54) is 0 Å². The third-order valence-corrected chi connectivity index (χ3v) is 4.55. The third kappa shape index (κ3) is 1.84. The Morgan fingerprint density at radius 2 is 2.05 bits per heavy atom. The van der Waals surface area contributed by atoms with Gasteiger partial charge in [0.25, 0.3) is 10.0 Å². The van der Waals surface area contributed by atoms with Gasteiger partial charge in [-0.2, -0.15) is 0 Å². The molecule has 1 heterocycles. The predicted octanol–water partition coefficient (Wildman–Crippen LogP) is 0.859. The lowest BCUT2D eigenvalue weighted by Crippen LogP contribution is -2.35. The molecule has 0 fully saturated rings. The van der Waals surface area contributed by atoms with Gasteiger partial charge >= 0.3 is 5.97 Å². The van der Waals surface area contributed by atoms with Crippen molar-refractivity contribution in [1.29, 1.82) is 0 Å². The number of sulfonamides is 1. The van der Waals surface area contributed by atoms with Gasteiger partial charge in [-0.3, -0.25) is 4.31 Å². The molecular formula is C11H10FNO5S. The number of likely N-dealkylation sites (N-methyl/N-ethyl adjacent to an activating group) is 1. The van der Waals surface area contributed by atoms with Crippen LogP contribution in [0.2, 0.25) is 0 Å². The normalized spacial score (nSPS) is 17.1. The fourth-order valence-electron chi connectivity index (χ4n) is 1.77. The van der Waals surface area contributed by atoms with Crippen molar-refractivity contribution in [1.82, 2.24) is 4.31 Å². The van der Waals surface area contributed by atoms with Crippen LogP contribution in [-0.2, 0) is 19.6 Å². The number of carbonyl (C=O) groups excluding carboxylic acids is 1. The van der Waals surface area contributed by atoms with Crippen molar-refractivity contribution in [2.24, 2.45) is 0 Å². The summed E-state index contributed by atoms with van der Waals surface area (Å²) in [6, 6.07) is 2.86. The van der Waals surface area contributed by atoms with Gasteiger partial charge in [0.05, 0.1) is 7.11 Å². The third-order valence-electron chi connectivity index (χ3n) is 2.76. The van der Waals surface area contributed by atoms with Crippen molar-refractivity contribution in [3.8, 4) is 0 Å². The molecule has 0 saturated heterocycles. The molecule has 0 radical (unpaired) electrons. The summed E-state index contributed by atoms with van der Waals surface area (Å²) in [7, 11) is -1.97. The molecule has 1 aromatic carbocycles. The molecule has 1 aliphatic heterocycles. The van der Waals surface area contributed by atoms with Crippen LogP contribution in [0.15, 0.2) is 28.8 Å². The van der Waals surface area contributed by atoms with E-state index in [-0.39, 0.29) is 5.56 Å². The van der Waals surface area contributed by atoms with E-state index in [9.17, 15) is 22.7 Å². The number of benzene rings is 1. The molecule has 102 valence electrons. The highest BCUT2D eigenvalue weighted by atomic mass is 32.2. The lowest BCUT2D eigenvalue weighted by molar-refractivity contribution is -0.137. The number of fused-ring (bicyclic) bond motifs is 1. The molecular weight excluding hydrogens is 277 g/mol. The van der Waals surface area contributed by atoms with Crippen LogP contribution in [0.5, 0.6) is 0 Å². The SMILES string of the molecule is COC(=O)C1=C(O)c2ccc(F)cc2S(=O)(=O)N1C. The Bertz CT molecular complexity index is 695. The second-order valence-corrected chi connectivity index (χ2v) is 5.74. The van der Waals surface area contributed by atoms with Crippen molar-refractivity contribution in [2.45, 2.75) is 4.90 Å². The van der Waals surface area contributed by atoms with E-state index < -0.39 is 38.2 Å². The highest BCUT2D eigenvalue weighted by molar-refractivity contribution is 7.89. The zero-order chi connectivity index (χ0) is 14.4. The fraction of sp³-hybridized carbons (Fsp3) is 0.182. The second-order valence-electron chi connectivity index (χ2n) is 3.80. The van der Waals surface area contributed by atoms with Crippen LogP contribution in [-0.4, -0.2) is 38.0 Å². The molecule has 0 spiro atoms. The van der Waals surface area contributed by atoms with E-state index in [2.05, 4.69) is 4.74 Å². The molecule has 1 N–H and O–H groups in total. The maximum absolute atomic E-state index is 13.1. The molecule has 6 nitrogen and oxygen atoms in total. The van der Waals surface area contributed by atoms with Crippen molar-refractivity contribution in [2.75, 3.05) is 14.2 Å². The molecule has 0 aliphatic carbocycles. The monoisotopic (exact) mass is 287 g/mol. The highest BCUT2D eigenvalue weighted by Gasteiger charge is 2.38. The Kier molecular flexibility index (Phi) is 2.97. The van der Waals surface area contributed by atoms with Gasteiger partial charge in [-0.25, -0.2) is 17.6 Å². The molecule has 19 heavy (non-hydrogen) atoms. The summed E-state index contributed by atoms with van der Waals surface area (Å²) in [4.78, 5) is 11.1. The molecule has 0 atom stereocenters. The molecule has 2 rings (SSSR count). The molecule has 0 unspecified atom stereocenters. The first-order chi connectivity index (χ1) is 8.80. The maximum Gasteiger partial charge on any atom is 0.359 e. The van der Waals surface area contributed by atoms with Gasteiger partial charge in [-0.15, -0.1) is 0 Å². The lowest BCUT2D eigenvalue weighted by atomic mass is 10.1. The van der Waals surface area contributed by atoms with Crippen molar-refractivity contribution in [3.63, 3.8) is 0 Å². The van der Waals surface area contributed by atoms with Crippen LogP contribution in [0.25, 0.3) is 5.76 Å². The van der Waals surface area contributed by atoms with Crippen molar-refractivity contribution >= 4 is 21.8 Å². The quantitative estimate of drug-likeness (QED) is 0.774. The van der Waals surface area contributed by atoms with Crippen LogP contribution < -0.4 is 0 Å². The molecule has 0 bridgehead atoms. The average molecular weight is 287 g/mol. The van der Waals surface area contributed by atoms with Gasteiger partial charge in [0, 0.05) is 12.6 Å². The largest absolute Gasteiger partial charge is 0.505 e. The molecule has 0 amide bonds. The van der Waals surface area contributed by atoms with Crippen LogP contribution in [0.3, 0.4) is 0 Å². The number of esters is 1. The minimum Gasteiger partial charge on any atom is -0.505 e. The Labute approximate surface area is 108 Å². The molecule has 1 aromatic rings. The summed E-state index contributed by atoms with van der Waals surface area (Å²) in [5, 5.41) is 9.97. The summed E-state index contributed by atoms with van der Waals surface area (Å²) >= 11 is 0. The van der Waals surface area contributed by atoms with Gasteiger partial charge in [0.2, 0.25) is 0 Å². The summed E-state index contributed by atoms with van der Waals surface area (Å²) in [6.07, 6.45) is 0. The van der Waals surface area contributed by atoms with Crippen LogP contribution in [0.4, 0.5) is 4.39 Å². The number of rotatable bonds is 1. The van der Waals surface area contributed by atoms with Gasteiger partial charge in [0.15, 0.2) is 11.5 Å². The van der Waals surface area contributed by atoms with E-state index in [0.717, 1.165) is 32.4 Å². The van der Waals surface area contributed by atoms with Gasteiger partial charge < -0.3 is 9.84 Å². The number of methoxy groups -OCH3 is 1. The van der Waals surface area contributed by atoms with Gasteiger partial charge in [0.1, 0.15) is 10.7 Å². The lowest BCUT2D eigenvalue weighted by Gasteiger charge is -2.27. The number of halogens is 1. The predicted molar refractivity (Wildman–Crippen MR) is 62.9 cm³/mol. The van der Waals surface area contributed by atoms with E-state index >= 15 is 0 Å². The second kappa shape index (κ2) is 4.23. The van der Waals surface area contributed by atoms with E-state index in [1.54, 1.807) is 0 Å². The fourth-order valence-corrected chi connectivity index (χ4v) is 3.17. The van der Waals surface area contributed by atoms with E-state index in [1.807, 2.05) is 0 Å². The summed E-state index contributed by atoms with van der Waals surface area (Å²) in [5.41, 5.74) is -0.651. The first-order valence-corrected chi connectivity index (χ1v) is 6.55. The number of carbonyl (C=O) groups is 1. The number of aliphatic hydroxyl groups excluding tert-OH is 1. The Hall–Kier alpha value is -2.09. The summed E-state index contributed by atoms with van der Waals surface area (Å²) in [6.45, 7) is 0. The van der Waals surface area contributed by atoms with Gasteiger partial charge in [-0.1, -0.05) is 0 Å². The first kappa shape index (κ1) is 13.3. The smallest absolute Gasteiger partial charge is 0.359 e. The molecule has 1 aliphatic rings. The minimum absolute atomic E-state index is 0.139. The van der Waals surface area contributed by atoms with Crippen LogP contribution in [0.1, 0.15) is 5.56 Å². The molecule has 0 saturated carbocycles. The number of nitrogens with zero attached hydrogens (tertiary/aromatic N) is 1. The average Bonchev–Trinajstić information content (AvgIpc) is 2.36. The number of hydrogen-bond donors (Lipinski definition) is 1. The van der Waals surface area contributed by atoms with Crippen LogP contribution in [0, 0.1) is 5.82 Å².